The normalized spacial score (nSPS) is 17.2. The van der Waals surface area contributed by atoms with Crippen molar-refractivity contribution < 1.29 is 4.79 Å². The Morgan fingerprint density at radius 1 is 1.33 bits per heavy atom. The number of primary amides is 1. The van der Waals surface area contributed by atoms with Crippen molar-refractivity contribution in [2.75, 3.05) is 13.1 Å². The molecule has 0 spiro atoms. The molecule has 0 aromatic carbocycles. The van der Waals surface area contributed by atoms with E-state index < -0.39 is 5.41 Å². The number of nitrogens with zero attached hydrogens (tertiary/aromatic N) is 1. The van der Waals surface area contributed by atoms with Crippen LogP contribution in [0, 0.1) is 0 Å². The van der Waals surface area contributed by atoms with Gasteiger partial charge in [-0.2, -0.15) is 0 Å². The van der Waals surface area contributed by atoms with Crippen molar-refractivity contribution in [2.45, 2.75) is 18.3 Å². The Labute approximate surface area is 127 Å². The van der Waals surface area contributed by atoms with Crippen molar-refractivity contribution in [3.8, 4) is 0 Å². The van der Waals surface area contributed by atoms with Gasteiger partial charge in [-0.15, -0.1) is 24.8 Å². The monoisotopic (exact) mass is 355 g/mol. The van der Waals surface area contributed by atoms with Gasteiger partial charge in [-0.3, -0.25) is 4.79 Å². The van der Waals surface area contributed by atoms with Crippen LogP contribution in [0.5, 0.6) is 0 Å². The Hall–Kier alpha value is -0.360. The third kappa shape index (κ3) is 3.35. The molecule has 2 rings (SSSR count). The fraction of sp³-hybridized carbons (Fsp3) is 0.455. The number of hydrogen-bond acceptors (Lipinski definition) is 3. The molecule has 1 aliphatic heterocycles. The zero-order valence-corrected chi connectivity index (χ0v) is 12.9. The average Bonchev–Trinajstić information content (AvgIpc) is 2.30. The van der Waals surface area contributed by atoms with Crippen molar-refractivity contribution in [3.05, 3.63) is 28.5 Å². The maximum absolute atomic E-state index is 11.7. The molecule has 1 aromatic heterocycles. The summed E-state index contributed by atoms with van der Waals surface area (Å²) in [6, 6.07) is 5.61. The van der Waals surface area contributed by atoms with Crippen molar-refractivity contribution in [1.82, 2.24) is 10.3 Å². The predicted octanol–water partition coefficient (Wildman–Crippen LogP) is 1.79. The lowest BCUT2D eigenvalue weighted by atomic mass is 9.75. The Bertz CT molecular complexity index is 411. The molecule has 1 fully saturated rings. The first-order valence-corrected chi connectivity index (χ1v) is 6.08. The summed E-state index contributed by atoms with van der Waals surface area (Å²) in [5, 5.41) is 3.23. The van der Waals surface area contributed by atoms with Crippen LogP contribution in [-0.4, -0.2) is 24.0 Å². The van der Waals surface area contributed by atoms with Gasteiger partial charge in [0.15, 0.2) is 0 Å². The summed E-state index contributed by atoms with van der Waals surface area (Å²) in [6.45, 7) is 1.61. The van der Waals surface area contributed by atoms with E-state index >= 15 is 0 Å². The summed E-state index contributed by atoms with van der Waals surface area (Å²) in [5.74, 6) is -0.278. The molecule has 18 heavy (non-hydrogen) atoms. The van der Waals surface area contributed by atoms with Gasteiger partial charge in [0, 0.05) is 0 Å². The molecular formula is C11H16BrCl2N3O. The minimum absolute atomic E-state index is 0. The van der Waals surface area contributed by atoms with E-state index in [-0.39, 0.29) is 30.7 Å². The van der Waals surface area contributed by atoms with E-state index in [1.54, 1.807) is 0 Å². The molecule has 0 aliphatic carbocycles. The standard InChI is InChI=1S/C11H14BrN3O.2ClH/c12-9-3-1-2-8(15-9)11(10(13)16)4-6-14-7-5-11;;/h1-3,14H,4-7H2,(H2,13,16);2*1H. The maximum Gasteiger partial charge on any atom is 0.229 e. The van der Waals surface area contributed by atoms with Gasteiger partial charge in [0.05, 0.1) is 11.1 Å². The topological polar surface area (TPSA) is 68.0 Å². The second kappa shape index (κ2) is 7.28. The molecule has 102 valence electrons. The van der Waals surface area contributed by atoms with Crippen LogP contribution in [0.15, 0.2) is 22.8 Å². The van der Waals surface area contributed by atoms with Crippen LogP contribution >= 0.6 is 40.7 Å². The highest BCUT2D eigenvalue weighted by Crippen LogP contribution is 2.32. The van der Waals surface area contributed by atoms with E-state index in [0.29, 0.717) is 12.8 Å². The van der Waals surface area contributed by atoms with Gasteiger partial charge in [0.2, 0.25) is 5.91 Å². The first-order valence-electron chi connectivity index (χ1n) is 5.29. The van der Waals surface area contributed by atoms with Gasteiger partial charge in [-0.25, -0.2) is 4.98 Å². The molecule has 0 bridgehead atoms. The number of halogens is 3. The minimum Gasteiger partial charge on any atom is -0.369 e. The molecule has 1 amide bonds. The van der Waals surface area contributed by atoms with E-state index in [9.17, 15) is 4.79 Å². The quantitative estimate of drug-likeness (QED) is 0.794. The number of nitrogens with one attached hydrogen (secondary N) is 1. The lowest BCUT2D eigenvalue weighted by Gasteiger charge is -2.34. The lowest BCUT2D eigenvalue weighted by molar-refractivity contribution is -0.124. The number of piperidine rings is 1. The molecule has 7 heteroatoms. The van der Waals surface area contributed by atoms with E-state index in [2.05, 4.69) is 26.2 Å². The van der Waals surface area contributed by atoms with E-state index in [0.717, 1.165) is 23.4 Å². The highest BCUT2D eigenvalue weighted by molar-refractivity contribution is 9.10. The van der Waals surface area contributed by atoms with Gasteiger partial charge in [0.25, 0.3) is 0 Å². The Kier molecular flexibility index (Phi) is 7.14. The SMILES string of the molecule is Cl.Cl.NC(=O)C1(c2cccc(Br)n2)CCNCC1. The third-order valence-corrected chi connectivity index (χ3v) is 3.58. The van der Waals surface area contributed by atoms with Crippen LogP contribution in [0.3, 0.4) is 0 Å². The Morgan fingerprint density at radius 2 is 1.94 bits per heavy atom. The summed E-state index contributed by atoms with van der Waals surface area (Å²) in [4.78, 5) is 16.1. The number of amides is 1. The van der Waals surface area contributed by atoms with Crippen LogP contribution in [0.1, 0.15) is 18.5 Å². The molecule has 1 aliphatic rings. The molecule has 3 N–H and O–H groups in total. The summed E-state index contributed by atoms with van der Waals surface area (Å²) in [7, 11) is 0. The van der Waals surface area contributed by atoms with Gasteiger partial charge in [0.1, 0.15) is 4.60 Å². The van der Waals surface area contributed by atoms with Crippen molar-refractivity contribution >= 4 is 46.7 Å². The van der Waals surface area contributed by atoms with Gasteiger partial charge in [-0.05, 0) is 54.0 Å². The second-order valence-electron chi connectivity index (χ2n) is 4.04. The van der Waals surface area contributed by atoms with Gasteiger partial charge < -0.3 is 11.1 Å². The van der Waals surface area contributed by atoms with Gasteiger partial charge in [-0.1, -0.05) is 6.07 Å². The number of carbonyl (C=O) groups is 1. The van der Waals surface area contributed by atoms with Crippen molar-refractivity contribution in [3.63, 3.8) is 0 Å². The first-order chi connectivity index (χ1) is 7.65. The van der Waals surface area contributed by atoms with Crippen molar-refractivity contribution in [2.24, 2.45) is 5.73 Å². The zero-order chi connectivity index (χ0) is 11.6. The van der Waals surface area contributed by atoms with E-state index in [1.807, 2.05) is 18.2 Å². The third-order valence-electron chi connectivity index (χ3n) is 3.13. The molecule has 4 nitrogen and oxygen atoms in total. The number of pyridine rings is 1. The number of aromatic nitrogens is 1. The molecule has 2 heterocycles. The molecule has 0 atom stereocenters. The van der Waals surface area contributed by atoms with Crippen LogP contribution in [0.25, 0.3) is 0 Å². The fourth-order valence-corrected chi connectivity index (χ4v) is 2.50. The number of hydrogen-bond donors (Lipinski definition) is 2. The zero-order valence-electron chi connectivity index (χ0n) is 9.69. The highest BCUT2D eigenvalue weighted by Gasteiger charge is 2.40. The number of carbonyl (C=O) groups excluding carboxylic acids is 1. The predicted molar refractivity (Wildman–Crippen MR) is 79.4 cm³/mol. The number of nitrogens with two attached hydrogens (primary N) is 1. The Morgan fingerprint density at radius 3 is 2.44 bits per heavy atom. The number of rotatable bonds is 2. The van der Waals surface area contributed by atoms with Crippen LogP contribution < -0.4 is 11.1 Å². The summed E-state index contributed by atoms with van der Waals surface area (Å²) >= 11 is 3.32. The molecule has 1 aromatic rings. The second-order valence-corrected chi connectivity index (χ2v) is 4.85. The van der Waals surface area contributed by atoms with Crippen LogP contribution in [-0.2, 0) is 10.2 Å². The van der Waals surface area contributed by atoms with E-state index in [4.69, 9.17) is 5.73 Å². The summed E-state index contributed by atoms with van der Waals surface area (Å²) < 4.78 is 0.740. The Balaban J connectivity index is 0.00000144. The highest BCUT2D eigenvalue weighted by atomic mass is 79.9. The molecule has 0 radical (unpaired) electrons. The smallest absolute Gasteiger partial charge is 0.229 e. The fourth-order valence-electron chi connectivity index (χ4n) is 2.16. The maximum atomic E-state index is 11.7. The van der Waals surface area contributed by atoms with Gasteiger partial charge >= 0.3 is 0 Å². The van der Waals surface area contributed by atoms with Crippen molar-refractivity contribution in [1.29, 1.82) is 0 Å². The van der Waals surface area contributed by atoms with Crippen LogP contribution in [0.4, 0.5) is 0 Å². The summed E-state index contributed by atoms with van der Waals surface area (Å²) in [5.41, 5.74) is 5.73. The molecular weight excluding hydrogens is 341 g/mol. The summed E-state index contributed by atoms with van der Waals surface area (Å²) in [6.07, 6.45) is 1.43. The first kappa shape index (κ1) is 17.6. The molecule has 0 unspecified atom stereocenters. The molecule has 0 saturated carbocycles. The minimum atomic E-state index is -0.602. The molecule has 1 saturated heterocycles. The lowest BCUT2D eigenvalue weighted by Crippen LogP contribution is -2.49. The van der Waals surface area contributed by atoms with Crippen LogP contribution in [0.2, 0.25) is 0 Å². The average molecular weight is 357 g/mol. The van der Waals surface area contributed by atoms with E-state index in [1.165, 1.54) is 0 Å². The largest absolute Gasteiger partial charge is 0.369 e.